The smallest absolute Gasteiger partial charge is 0.207 e. The number of aromatic nitrogens is 2. The Morgan fingerprint density at radius 2 is 1.62 bits per heavy atom. The molecule has 0 aliphatic carbocycles. The summed E-state index contributed by atoms with van der Waals surface area (Å²) in [5, 5.41) is 3.37. The first-order valence-electron chi connectivity index (χ1n) is 7.22. The second-order valence-corrected chi connectivity index (χ2v) is 5.06. The molecule has 3 heteroatoms. The van der Waals surface area contributed by atoms with Crippen molar-refractivity contribution in [3.63, 3.8) is 0 Å². The Balaban J connectivity index is 1.81. The van der Waals surface area contributed by atoms with Crippen molar-refractivity contribution in [2.45, 2.75) is 20.4 Å². The average molecular weight is 277 g/mol. The second kappa shape index (κ2) is 5.83. The molecule has 0 fully saturated rings. The van der Waals surface area contributed by atoms with Crippen LogP contribution >= 0.6 is 0 Å². The molecule has 1 heterocycles. The summed E-state index contributed by atoms with van der Waals surface area (Å²) in [6.45, 7) is 5.03. The van der Waals surface area contributed by atoms with Crippen LogP contribution in [-0.4, -0.2) is 9.55 Å². The molecule has 3 nitrogen and oxygen atoms in total. The van der Waals surface area contributed by atoms with Crippen LogP contribution in [0.15, 0.2) is 60.8 Å². The number of hydrogen-bond donors (Lipinski definition) is 1. The molecule has 1 N–H and O–H groups in total. The monoisotopic (exact) mass is 277 g/mol. The number of nitrogens with zero attached hydrogens (tertiary/aromatic N) is 2. The topological polar surface area (TPSA) is 29.9 Å². The fourth-order valence-corrected chi connectivity index (χ4v) is 2.39. The van der Waals surface area contributed by atoms with Gasteiger partial charge in [0.1, 0.15) is 0 Å². The van der Waals surface area contributed by atoms with Gasteiger partial charge < -0.3 is 9.88 Å². The fraction of sp³-hybridized carbons (Fsp3) is 0.167. The highest BCUT2D eigenvalue weighted by molar-refractivity contribution is 5.67. The van der Waals surface area contributed by atoms with E-state index >= 15 is 0 Å². The van der Waals surface area contributed by atoms with Crippen molar-refractivity contribution in [2.24, 2.45) is 0 Å². The fourth-order valence-electron chi connectivity index (χ4n) is 2.39. The summed E-state index contributed by atoms with van der Waals surface area (Å²) in [6.07, 6.45) is 2.06. The lowest BCUT2D eigenvalue weighted by Gasteiger charge is -2.08. The molecule has 0 atom stereocenters. The molecule has 0 radical (unpaired) electrons. The lowest BCUT2D eigenvalue weighted by molar-refractivity contribution is 0.771. The lowest BCUT2D eigenvalue weighted by atomic mass is 10.1. The Bertz CT molecular complexity index is 712. The SMILES string of the molecule is CCn1cc(C)nc1Nc1ccc(-c2ccccc2)cc1. The Kier molecular flexibility index (Phi) is 3.73. The van der Waals surface area contributed by atoms with Crippen LogP contribution in [0.2, 0.25) is 0 Å². The number of benzene rings is 2. The molecule has 106 valence electrons. The molecule has 0 aliphatic heterocycles. The van der Waals surface area contributed by atoms with Crippen LogP contribution < -0.4 is 5.32 Å². The highest BCUT2D eigenvalue weighted by Gasteiger charge is 2.04. The van der Waals surface area contributed by atoms with E-state index in [1.807, 2.05) is 13.0 Å². The molecule has 3 rings (SSSR count). The number of nitrogens with one attached hydrogen (secondary N) is 1. The van der Waals surface area contributed by atoms with Gasteiger partial charge in [-0.1, -0.05) is 42.5 Å². The summed E-state index contributed by atoms with van der Waals surface area (Å²) in [4.78, 5) is 4.51. The maximum atomic E-state index is 4.51. The lowest BCUT2D eigenvalue weighted by Crippen LogP contribution is -2.01. The third-order valence-electron chi connectivity index (χ3n) is 3.49. The Morgan fingerprint density at radius 1 is 0.952 bits per heavy atom. The first-order chi connectivity index (χ1) is 10.3. The summed E-state index contributed by atoms with van der Waals surface area (Å²) in [7, 11) is 0. The van der Waals surface area contributed by atoms with E-state index in [1.165, 1.54) is 11.1 Å². The maximum Gasteiger partial charge on any atom is 0.207 e. The zero-order chi connectivity index (χ0) is 14.7. The van der Waals surface area contributed by atoms with Crippen LogP contribution in [0.1, 0.15) is 12.6 Å². The van der Waals surface area contributed by atoms with Gasteiger partial charge in [0, 0.05) is 18.4 Å². The van der Waals surface area contributed by atoms with E-state index in [2.05, 4.69) is 76.5 Å². The second-order valence-electron chi connectivity index (χ2n) is 5.06. The molecule has 0 aliphatic rings. The van der Waals surface area contributed by atoms with Gasteiger partial charge in [0.15, 0.2) is 0 Å². The van der Waals surface area contributed by atoms with Crippen molar-refractivity contribution in [3.8, 4) is 11.1 Å². The van der Waals surface area contributed by atoms with Crippen LogP contribution in [0, 0.1) is 6.92 Å². The maximum absolute atomic E-state index is 4.51. The van der Waals surface area contributed by atoms with Crippen molar-refractivity contribution < 1.29 is 0 Å². The first kappa shape index (κ1) is 13.4. The van der Waals surface area contributed by atoms with Crippen LogP contribution in [0.5, 0.6) is 0 Å². The van der Waals surface area contributed by atoms with Gasteiger partial charge in [-0.25, -0.2) is 4.98 Å². The summed E-state index contributed by atoms with van der Waals surface area (Å²) >= 11 is 0. The minimum atomic E-state index is 0.891. The Morgan fingerprint density at radius 3 is 2.29 bits per heavy atom. The van der Waals surface area contributed by atoms with Gasteiger partial charge in [0.2, 0.25) is 5.95 Å². The Hall–Kier alpha value is -2.55. The van der Waals surface area contributed by atoms with Crippen LogP contribution in [0.3, 0.4) is 0 Å². The molecule has 0 spiro atoms. The minimum absolute atomic E-state index is 0.891. The van der Waals surface area contributed by atoms with E-state index in [4.69, 9.17) is 0 Å². The van der Waals surface area contributed by atoms with E-state index in [1.54, 1.807) is 0 Å². The van der Waals surface area contributed by atoms with E-state index in [0.29, 0.717) is 0 Å². The zero-order valence-corrected chi connectivity index (χ0v) is 12.4. The average Bonchev–Trinajstić information content (AvgIpc) is 2.88. The molecule has 0 unspecified atom stereocenters. The van der Waals surface area contributed by atoms with E-state index in [0.717, 1.165) is 23.9 Å². The van der Waals surface area contributed by atoms with Gasteiger partial charge in [-0.2, -0.15) is 0 Å². The molecule has 21 heavy (non-hydrogen) atoms. The van der Waals surface area contributed by atoms with E-state index in [9.17, 15) is 0 Å². The number of anilines is 2. The molecular weight excluding hydrogens is 258 g/mol. The van der Waals surface area contributed by atoms with Crippen LogP contribution in [0.4, 0.5) is 11.6 Å². The van der Waals surface area contributed by atoms with Gasteiger partial charge in [-0.15, -0.1) is 0 Å². The van der Waals surface area contributed by atoms with Crippen molar-refractivity contribution in [3.05, 3.63) is 66.5 Å². The van der Waals surface area contributed by atoms with E-state index < -0.39 is 0 Å². The predicted molar refractivity (Wildman–Crippen MR) is 87.8 cm³/mol. The molecule has 0 bridgehead atoms. The zero-order valence-electron chi connectivity index (χ0n) is 12.4. The third kappa shape index (κ3) is 2.97. The molecule has 1 aromatic heterocycles. The largest absolute Gasteiger partial charge is 0.326 e. The van der Waals surface area contributed by atoms with Crippen LogP contribution in [-0.2, 0) is 6.54 Å². The summed E-state index contributed by atoms with van der Waals surface area (Å²) < 4.78 is 2.11. The molecule has 2 aromatic carbocycles. The van der Waals surface area contributed by atoms with Gasteiger partial charge in [-0.05, 0) is 37.1 Å². The van der Waals surface area contributed by atoms with Crippen molar-refractivity contribution in [2.75, 3.05) is 5.32 Å². The third-order valence-corrected chi connectivity index (χ3v) is 3.49. The van der Waals surface area contributed by atoms with Crippen LogP contribution in [0.25, 0.3) is 11.1 Å². The number of rotatable bonds is 4. The van der Waals surface area contributed by atoms with Gasteiger partial charge in [-0.3, -0.25) is 0 Å². The van der Waals surface area contributed by atoms with Gasteiger partial charge in [0.05, 0.1) is 5.69 Å². The predicted octanol–water partition coefficient (Wildman–Crippen LogP) is 4.62. The number of aryl methyl sites for hydroxylation is 2. The summed E-state index contributed by atoms with van der Waals surface area (Å²) in [5.74, 6) is 0.891. The molecular formula is C18H19N3. The summed E-state index contributed by atoms with van der Waals surface area (Å²) in [6, 6.07) is 18.8. The van der Waals surface area contributed by atoms with E-state index in [-0.39, 0.29) is 0 Å². The van der Waals surface area contributed by atoms with Gasteiger partial charge >= 0.3 is 0 Å². The van der Waals surface area contributed by atoms with Crippen molar-refractivity contribution in [1.29, 1.82) is 0 Å². The minimum Gasteiger partial charge on any atom is -0.326 e. The number of hydrogen-bond acceptors (Lipinski definition) is 2. The quantitative estimate of drug-likeness (QED) is 0.754. The highest BCUT2D eigenvalue weighted by atomic mass is 15.2. The summed E-state index contributed by atoms with van der Waals surface area (Å²) in [5.41, 5.74) is 4.53. The molecule has 0 saturated heterocycles. The highest BCUT2D eigenvalue weighted by Crippen LogP contribution is 2.23. The van der Waals surface area contributed by atoms with Crippen molar-refractivity contribution >= 4 is 11.6 Å². The molecule has 3 aromatic rings. The van der Waals surface area contributed by atoms with Gasteiger partial charge in [0.25, 0.3) is 0 Å². The van der Waals surface area contributed by atoms with Crippen molar-refractivity contribution in [1.82, 2.24) is 9.55 Å². The molecule has 0 amide bonds. The number of imidazole rings is 1. The standard InChI is InChI=1S/C18H19N3/c1-3-21-13-14(2)19-18(21)20-17-11-9-16(10-12-17)15-7-5-4-6-8-15/h4-13H,3H2,1-2H3,(H,19,20). The molecule has 0 saturated carbocycles. The normalized spacial score (nSPS) is 10.6. The first-order valence-corrected chi connectivity index (χ1v) is 7.22. The Labute approximate surface area is 125 Å².